The first kappa shape index (κ1) is 7.43. The molecule has 0 saturated heterocycles. The van der Waals surface area contributed by atoms with Crippen LogP contribution in [-0.2, 0) is 6.54 Å². The second-order valence-corrected chi connectivity index (χ2v) is 3.13. The Kier molecular flexibility index (Phi) is 1.66. The van der Waals surface area contributed by atoms with Crippen LogP contribution in [0.25, 0.3) is 0 Å². The zero-order valence-electron chi connectivity index (χ0n) is 6.95. The second-order valence-electron chi connectivity index (χ2n) is 3.13. The van der Waals surface area contributed by atoms with Crippen LogP contribution in [-0.4, -0.2) is 29.3 Å². The van der Waals surface area contributed by atoms with Crippen LogP contribution in [0.5, 0.6) is 0 Å². The van der Waals surface area contributed by atoms with Gasteiger partial charge >= 0.3 is 0 Å². The van der Waals surface area contributed by atoms with E-state index in [9.17, 15) is 4.79 Å². The van der Waals surface area contributed by atoms with Gasteiger partial charge in [-0.1, -0.05) is 0 Å². The van der Waals surface area contributed by atoms with Gasteiger partial charge in [-0.05, 0) is 18.7 Å². The maximum Gasteiger partial charge on any atom is 0.178 e. The van der Waals surface area contributed by atoms with Crippen LogP contribution >= 0.6 is 0 Å². The third kappa shape index (κ3) is 1.12. The summed E-state index contributed by atoms with van der Waals surface area (Å²) in [6.45, 7) is 1.36. The van der Waals surface area contributed by atoms with E-state index >= 15 is 0 Å². The van der Waals surface area contributed by atoms with Crippen LogP contribution in [0.3, 0.4) is 0 Å². The smallest absolute Gasteiger partial charge is 0.178 e. The first-order valence-electron chi connectivity index (χ1n) is 3.92. The Labute approximate surface area is 71.0 Å². The number of carbonyl (C=O) groups excluding carboxylic acids is 1. The highest BCUT2D eigenvalue weighted by Crippen LogP contribution is 2.15. The topological polar surface area (TPSA) is 33.2 Å². The molecule has 0 atom stereocenters. The number of hydrogen-bond donors (Lipinski definition) is 0. The lowest BCUT2D eigenvalue weighted by atomic mass is 10.0. The lowest BCUT2D eigenvalue weighted by Gasteiger charge is -2.22. The minimum absolute atomic E-state index is 0.173. The number of rotatable bonds is 0. The Morgan fingerprint density at radius 1 is 1.50 bits per heavy atom. The number of carbonyl (C=O) groups is 1. The van der Waals surface area contributed by atoms with E-state index in [0.29, 0.717) is 6.54 Å². The van der Waals surface area contributed by atoms with Crippen molar-refractivity contribution < 1.29 is 4.79 Å². The summed E-state index contributed by atoms with van der Waals surface area (Å²) in [6, 6.07) is 1.91. The Morgan fingerprint density at radius 2 is 2.33 bits per heavy atom. The number of aromatic nitrogens is 1. The summed E-state index contributed by atoms with van der Waals surface area (Å²) in [4.78, 5) is 17.4. The van der Waals surface area contributed by atoms with E-state index in [4.69, 9.17) is 0 Å². The molecule has 1 aromatic rings. The molecule has 0 aromatic carbocycles. The number of likely N-dealkylation sites (N-methyl/N-ethyl adjacent to an activating group) is 1. The minimum atomic E-state index is 0.173. The van der Waals surface area contributed by atoms with E-state index in [0.717, 1.165) is 17.7 Å². The van der Waals surface area contributed by atoms with E-state index in [1.807, 2.05) is 18.0 Å². The molecule has 0 spiro atoms. The van der Waals surface area contributed by atoms with E-state index in [1.54, 1.807) is 12.4 Å². The number of hydrogen-bond acceptors (Lipinski definition) is 3. The highest BCUT2D eigenvalue weighted by molar-refractivity contribution is 5.99. The normalized spacial score (nSPS) is 17.6. The third-order valence-corrected chi connectivity index (χ3v) is 2.07. The van der Waals surface area contributed by atoms with Gasteiger partial charge in [0.1, 0.15) is 0 Å². The molecule has 2 rings (SSSR count). The quantitative estimate of drug-likeness (QED) is 0.563. The van der Waals surface area contributed by atoms with E-state index < -0.39 is 0 Å². The third-order valence-electron chi connectivity index (χ3n) is 2.07. The molecule has 0 N–H and O–H groups in total. The van der Waals surface area contributed by atoms with Crippen molar-refractivity contribution >= 4 is 5.78 Å². The molecule has 0 fully saturated rings. The van der Waals surface area contributed by atoms with E-state index in [-0.39, 0.29) is 5.78 Å². The molecule has 2 heterocycles. The molecule has 3 nitrogen and oxygen atoms in total. The molecule has 1 aliphatic heterocycles. The molecule has 0 bridgehead atoms. The Balaban J connectivity index is 2.47. The van der Waals surface area contributed by atoms with Crippen molar-refractivity contribution in [2.75, 3.05) is 13.6 Å². The fourth-order valence-electron chi connectivity index (χ4n) is 1.49. The second kappa shape index (κ2) is 2.68. The fourth-order valence-corrected chi connectivity index (χ4v) is 1.49. The maximum absolute atomic E-state index is 11.4. The van der Waals surface area contributed by atoms with Crippen LogP contribution in [0.4, 0.5) is 0 Å². The van der Waals surface area contributed by atoms with Crippen LogP contribution in [0.2, 0.25) is 0 Å². The Morgan fingerprint density at radius 3 is 3.17 bits per heavy atom. The Hall–Kier alpha value is -1.22. The van der Waals surface area contributed by atoms with Crippen LogP contribution in [0.15, 0.2) is 18.5 Å². The van der Waals surface area contributed by atoms with Gasteiger partial charge in [0.15, 0.2) is 5.78 Å². The van der Waals surface area contributed by atoms with Crippen molar-refractivity contribution in [2.24, 2.45) is 0 Å². The Bertz CT molecular complexity index is 322. The van der Waals surface area contributed by atoms with Gasteiger partial charge in [0.25, 0.3) is 0 Å². The molecule has 0 aliphatic carbocycles. The highest BCUT2D eigenvalue weighted by Gasteiger charge is 2.19. The number of nitrogens with zero attached hydrogens (tertiary/aromatic N) is 2. The molecular formula is C9H10N2O. The first-order valence-corrected chi connectivity index (χ1v) is 3.92. The molecular weight excluding hydrogens is 152 g/mol. The SMILES string of the molecule is CN1CC(=O)c2cnccc2C1. The van der Waals surface area contributed by atoms with Gasteiger partial charge in [-0.15, -0.1) is 0 Å². The number of pyridine rings is 1. The summed E-state index contributed by atoms with van der Waals surface area (Å²) in [7, 11) is 1.95. The standard InChI is InChI=1S/C9H10N2O/c1-11-5-7-2-3-10-4-8(7)9(12)6-11/h2-4H,5-6H2,1H3. The van der Waals surface area contributed by atoms with Crippen molar-refractivity contribution in [1.29, 1.82) is 0 Å². The minimum Gasteiger partial charge on any atom is -0.295 e. The average molecular weight is 162 g/mol. The number of Topliss-reactive ketones (excluding diaryl/α,β-unsaturated/α-hetero) is 1. The van der Waals surface area contributed by atoms with Crippen molar-refractivity contribution in [3.8, 4) is 0 Å². The molecule has 0 amide bonds. The molecule has 12 heavy (non-hydrogen) atoms. The van der Waals surface area contributed by atoms with Gasteiger partial charge in [0, 0.05) is 24.5 Å². The van der Waals surface area contributed by atoms with Crippen molar-refractivity contribution in [3.05, 3.63) is 29.6 Å². The fraction of sp³-hybridized carbons (Fsp3) is 0.333. The molecule has 0 radical (unpaired) electrons. The summed E-state index contributed by atoms with van der Waals surface area (Å²) >= 11 is 0. The summed E-state index contributed by atoms with van der Waals surface area (Å²) in [6.07, 6.45) is 3.38. The monoisotopic (exact) mass is 162 g/mol. The zero-order chi connectivity index (χ0) is 8.55. The summed E-state index contributed by atoms with van der Waals surface area (Å²) in [5.41, 5.74) is 1.87. The lowest BCUT2D eigenvalue weighted by molar-refractivity contribution is 0.0922. The first-order chi connectivity index (χ1) is 5.77. The van der Waals surface area contributed by atoms with E-state index in [2.05, 4.69) is 4.98 Å². The number of fused-ring (bicyclic) bond motifs is 1. The van der Waals surface area contributed by atoms with Gasteiger partial charge in [-0.3, -0.25) is 14.7 Å². The van der Waals surface area contributed by atoms with Gasteiger partial charge in [-0.2, -0.15) is 0 Å². The lowest BCUT2D eigenvalue weighted by Crippen LogP contribution is -2.31. The van der Waals surface area contributed by atoms with Crippen molar-refractivity contribution in [3.63, 3.8) is 0 Å². The summed E-state index contributed by atoms with van der Waals surface area (Å²) in [5, 5.41) is 0. The van der Waals surface area contributed by atoms with Crippen molar-refractivity contribution in [1.82, 2.24) is 9.88 Å². The molecule has 0 saturated carbocycles. The van der Waals surface area contributed by atoms with Crippen molar-refractivity contribution in [2.45, 2.75) is 6.54 Å². The highest BCUT2D eigenvalue weighted by atomic mass is 16.1. The summed E-state index contributed by atoms with van der Waals surface area (Å²) < 4.78 is 0. The van der Waals surface area contributed by atoms with Crippen LogP contribution < -0.4 is 0 Å². The molecule has 0 unspecified atom stereocenters. The zero-order valence-corrected chi connectivity index (χ0v) is 6.95. The van der Waals surface area contributed by atoms with Gasteiger partial charge in [-0.25, -0.2) is 0 Å². The average Bonchev–Trinajstić information content (AvgIpc) is 2.04. The van der Waals surface area contributed by atoms with Gasteiger partial charge in [0.05, 0.1) is 6.54 Å². The largest absolute Gasteiger partial charge is 0.295 e. The van der Waals surface area contributed by atoms with Gasteiger partial charge < -0.3 is 0 Å². The molecule has 62 valence electrons. The van der Waals surface area contributed by atoms with Crippen LogP contribution in [0.1, 0.15) is 15.9 Å². The maximum atomic E-state index is 11.4. The molecule has 1 aromatic heterocycles. The van der Waals surface area contributed by atoms with E-state index in [1.165, 1.54) is 0 Å². The summed E-state index contributed by atoms with van der Waals surface area (Å²) in [5.74, 6) is 0.173. The molecule has 3 heteroatoms. The number of ketones is 1. The predicted octanol–water partition coefficient (Wildman–Crippen LogP) is 0.710. The van der Waals surface area contributed by atoms with Gasteiger partial charge in [0.2, 0.25) is 0 Å². The van der Waals surface area contributed by atoms with Crippen LogP contribution in [0, 0.1) is 0 Å². The predicted molar refractivity (Wildman–Crippen MR) is 44.9 cm³/mol. The molecule has 1 aliphatic rings.